The van der Waals surface area contributed by atoms with E-state index in [9.17, 15) is 14.5 Å². The Morgan fingerprint density at radius 2 is 2.28 bits per heavy atom. The van der Waals surface area contributed by atoms with Crippen molar-refractivity contribution in [3.8, 4) is 11.3 Å². The van der Waals surface area contributed by atoms with Crippen molar-refractivity contribution in [1.29, 1.82) is 0 Å². The number of halogens is 1. The Kier molecular flexibility index (Phi) is 2.34. The highest BCUT2D eigenvalue weighted by atomic mass is 32.1. The second-order valence-corrected chi connectivity index (χ2v) is 4.49. The SMILES string of the molecule is O=[N+]([O-])c1cccc(-c2cn3ccsc3n2)c1F. The van der Waals surface area contributed by atoms with E-state index >= 15 is 0 Å². The summed E-state index contributed by atoms with van der Waals surface area (Å²) in [6.45, 7) is 0. The molecule has 0 radical (unpaired) electrons. The molecule has 3 aromatic rings. The number of thiazole rings is 1. The minimum atomic E-state index is -0.853. The number of imidazole rings is 1. The molecule has 2 heterocycles. The van der Waals surface area contributed by atoms with Crippen LogP contribution in [0.2, 0.25) is 0 Å². The smallest absolute Gasteiger partial charge is 0.297 e. The molecule has 1 aromatic carbocycles. The molecule has 18 heavy (non-hydrogen) atoms. The van der Waals surface area contributed by atoms with Crippen molar-refractivity contribution in [2.24, 2.45) is 0 Å². The van der Waals surface area contributed by atoms with E-state index < -0.39 is 16.4 Å². The van der Waals surface area contributed by atoms with Gasteiger partial charge in [0.2, 0.25) is 5.82 Å². The molecule has 90 valence electrons. The third-order valence-corrected chi connectivity index (χ3v) is 3.31. The summed E-state index contributed by atoms with van der Waals surface area (Å²) in [5.74, 6) is -0.853. The van der Waals surface area contributed by atoms with Crippen LogP contribution < -0.4 is 0 Å². The average molecular weight is 263 g/mol. The lowest BCUT2D eigenvalue weighted by Crippen LogP contribution is -1.94. The van der Waals surface area contributed by atoms with Crippen molar-refractivity contribution in [1.82, 2.24) is 9.38 Å². The van der Waals surface area contributed by atoms with Gasteiger partial charge in [-0.3, -0.25) is 14.5 Å². The van der Waals surface area contributed by atoms with Crippen LogP contribution in [0.15, 0.2) is 36.0 Å². The quantitative estimate of drug-likeness (QED) is 0.527. The molecular weight excluding hydrogens is 257 g/mol. The van der Waals surface area contributed by atoms with E-state index in [1.165, 1.54) is 23.5 Å². The Morgan fingerprint density at radius 3 is 3.00 bits per heavy atom. The first-order valence-electron chi connectivity index (χ1n) is 5.02. The van der Waals surface area contributed by atoms with Crippen molar-refractivity contribution in [3.63, 3.8) is 0 Å². The number of benzene rings is 1. The zero-order valence-electron chi connectivity index (χ0n) is 8.91. The van der Waals surface area contributed by atoms with Gasteiger partial charge in [0.25, 0.3) is 0 Å². The molecule has 0 atom stereocenters. The fraction of sp³-hybridized carbons (Fsp3) is 0. The van der Waals surface area contributed by atoms with Gasteiger partial charge in [0.05, 0.1) is 10.6 Å². The van der Waals surface area contributed by atoms with Crippen molar-refractivity contribution in [2.45, 2.75) is 0 Å². The maximum absolute atomic E-state index is 14.0. The molecule has 0 amide bonds. The number of nitro groups is 1. The molecule has 7 heteroatoms. The van der Waals surface area contributed by atoms with Crippen LogP contribution in [0.4, 0.5) is 10.1 Å². The summed E-state index contributed by atoms with van der Waals surface area (Å²) in [6.07, 6.45) is 3.44. The number of rotatable bonds is 2. The summed E-state index contributed by atoms with van der Waals surface area (Å²) in [6, 6.07) is 4.07. The Labute approximate surface area is 104 Å². The third kappa shape index (κ3) is 1.56. The van der Waals surface area contributed by atoms with Crippen molar-refractivity contribution >= 4 is 22.0 Å². The molecule has 0 saturated heterocycles. The highest BCUT2D eigenvalue weighted by Crippen LogP contribution is 2.29. The topological polar surface area (TPSA) is 60.4 Å². The minimum absolute atomic E-state index is 0.139. The minimum Gasteiger partial charge on any atom is -0.297 e. The van der Waals surface area contributed by atoms with E-state index in [0.717, 1.165) is 11.0 Å². The Bertz CT molecular complexity index is 721. The maximum atomic E-state index is 14.0. The number of hydrogen-bond donors (Lipinski definition) is 0. The molecule has 0 aliphatic heterocycles. The van der Waals surface area contributed by atoms with Gasteiger partial charge in [0.15, 0.2) is 4.96 Å². The molecule has 5 nitrogen and oxygen atoms in total. The molecule has 0 aliphatic carbocycles. The van der Waals surface area contributed by atoms with Gasteiger partial charge < -0.3 is 0 Å². The molecule has 2 aromatic heterocycles. The van der Waals surface area contributed by atoms with Gasteiger partial charge in [-0.1, -0.05) is 6.07 Å². The average Bonchev–Trinajstić information content (AvgIpc) is 2.89. The number of aromatic nitrogens is 2. The Morgan fingerprint density at radius 1 is 1.44 bits per heavy atom. The fourth-order valence-electron chi connectivity index (χ4n) is 1.72. The number of hydrogen-bond acceptors (Lipinski definition) is 4. The van der Waals surface area contributed by atoms with Gasteiger partial charge in [-0.05, 0) is 6.07 Å². The van der Waals surface area contributed by atoms with Crippen LogP contribution in [0.25, 0.3) is 16.2 Å². The second kappa shape index (κ2) is 3.88. The first kappa shape index (κ1) is 10.8. The Hall–Kier alpha value is -2.28. The van der Waals surface area contributed by atoms with Crippen LogP contribution in [0.3, 0.4) is 0 Å². The largest absolute Gasteiger partial charge is 0.305 e. The van der Waals surface area contributed by atoms with Crippen LogP contribution in [0.5, 0.6) is 0 Å². The predicted molar refractivity (Wildman–Crippen MR) is 65.1 cm³/mol. The third-order valence-electron chi connectivity index (χ3n) is 2.54. The molecule has 0 fully saturated rings. The van der Waals surface area contributed by atoms with E-state index in [0.29, 0.717) is 5.69 Å². The van der Waals surface area contributed by atoms with E-state index in [1.807, 2.05) is 5.38 Å². The monoisotopic (exact) mass is 263 g/mol. The van der Waals surface area contributed by atoms with Crippen molar-refractivity contribution < 1.29 is 9.31 Å². The van der Waals surface area contributed by atoms with Crippen molar-refractivity contribution in [2.75, 3.05) is 0 Å². The number of nitro benzene ring substituents is 1. The zero-order chi connectivity index (χ0) is 12.7. The normalized spacial score (nSPS) is 10.9. The van der Waals surface area contributed by atoms with Gasteiger partial charge in [-0.2, -0.15) is 4.39 Å². The lowest BCUT2D eigenvalue weighted by molar-refractivity contribution is -0.387. The lowest BCUT2D eigenvalue weighted by atomic mass is 10.1. The molecular formula is C11H6FN3O2S. The summed E-state index contributed by atoms with van der Waals surface area (Å²) in [5.41, 5.74) is -0.00740. The van der Waals surface area contributed by atoms with Gasteiger partial charge in [-0.15, -0.1) is 11.3 Å². The van der Waals surface area contributed by atoms with Crippen LogP contribution in [-0.4, -0.2) is 14.3 Å². The summed E-state index contributed by atoms with van der Waals surface area (Å²) < 4.78 is 15.7. The Balaban J connectivity index is 2.20. The van der Waals surface area contributed by atoms with Gasteiger partial charge >= 0.3 is 5.69 Å². The van der Waals surface area contributed by atoms with E-state index in [4.69, 9.17) is 0 Å². The van der Waals surface area contributed by atoms with Crippen LogP contribution >= 0.6 is 11.3 Å². The zero-order valence-corrected chi connectivity index (χ0v) is 9.72. The van der Waals surface area contributed by atoms with Gasteiger partial charge in [-0.25, -0.2) is 4.98 Å². The standard InChI is InChI=1S/C11H6FN3O2S/c12-10-7(2-1-3-9(10)15(16)17)8-6-14-4-5-18-11(14)13-8/h1-6H. The van der Waals surface area contributed by atoms with E-state index in [1.54, 1.807) is 16.8 Å². The highest BCUT2D eigenvalue weighted by molar-refractivity contribution is 7.15. The van der Waals surface area contributed by atoms with Crippen LogP contribution in [0, 0.1) is 15.9 Å². The summed E-state index contributed by atoms with van der Waals surface area (Å²) >= 11 is 1.41. The highest BCUT2D eigenvalue weighted by Gasteiger charge is 2.19. The molecule has 0 unspecified atom stereocenters. The fourth-order valence-corrected chi connectivity index (χ4v) is 2.42. The molecule has 0 bridgehead atoms. The first-order chi connectivity index (χ1) is 8.66. The molecule has 3 rings (SSSR count). The van der Waals surface area contributed by atoms with E-state index in [-0.39, 0.29) is 5.56 Å². The predicted octanol–water partition coefficient (Wildman–Crippen LogP) is 3.11. The molecule has 0 aliphatic rings. The molecule has 0 N–H and O–H groups in total. The second-order valence-electron chi connectivity index (χ2n) is 3.61. The van der Waals surface area contributed by atoms with Crippen molar-refractivity contribution in [3.05, 3.63) is 51.9 Å². The lowest BCUT2D eigenvalue weighted by Gasteiger charge is -1.99. The number of fused-ring (bicyclic) bond motifs is 1. The summed E-state index contributed by atoms with van der Waals surface area (Å²) in [7, 11) is 0. The molecule has 0 saturated carbocycles. The molecule has 0 spiro atoms. The van der Waals surface area contributed by atoms with Gasteiger partial charge in [0, 0.05) is 29.4 Å². The maximum Gasteiger partial charge on any atom is 0.305 e. The van der Waals surface area contributed by atoms with Gasteiger partial charge in [0.1, 0.15) is 0 Å². The van der Waals surface area contributed by atoms with Crippen LogP contribution in [0.1, 0.15) is 0 Å². The summed E-state index contributed by atoms with van der Waals surface area (Å²) in [4.78, 5) is 14.9. The van der Waals surface area contributed by atoms with Crippen LogP contribution in [-0.2, 0) is 0 Å². The summed E-state index contributed by atoms with van der Waals surface area (Å²) in [5, 5.41) is 12.5. The van der Waals surface area contributed by atoms with E-state index in [2.05, 4.69) is 4.98 Å². The number of nitrogens with zero attached hydrogens (tertiary/aromatic N) is 3. The first-order valence-corrected chi connectivity index (χ1v) is 5.90.